The maximum absolute atomic E-state index is 5.78. The van der Waals surface area contributed by atoms with Gasteiger partial charge >= 0.3 is 0 Å². The lowest BCUT2D eigenvalue weighted by Crippen LogP contribution is -2.41. The quantitative estimate of drug-likeness (QED) is 0.664. The zero-order valence-corrected chi connectivity index (χ0v) is 9.84. The highest BCUT2D eigenvalue weighted by atomic mass is 15.2. The van der Waals surface area contributed by atoms with Gasteiger partial charge in [0, 0.05) is 18.6 Å². The van der Waals surface area contributed by atoms with E-state index < -0.39 is 0 Å². The van der Waals surface area contributed by atoms with Crippen LogP contribution in [0.15, 0.2) is 0 Å². The largest absolute Gasteiger partial charge is 0.329 e. The summed E-state index contributed by atoms with van der Waals surface area (Å²) in [6.07, 6.45) is 8.10. The Morgan fingerprint density at radius 2 is 2.21 bits per heavy atom. The fourth-order valence-corrected chi connectivity index (χ4v) is 2.55. The van der Waals surface area contributed by atoms with Crippen molar-refractivity contribution in [1.82, 2.24) is 4.90 Å². The predicted octanol–water partition coefficient (Wildman–Crippen LogP) is 2.38. The molecule has 0 radical (unpaired) electrons. The van der Waals surface area contributed by atoms with Gasteiger partial charge in [0.25, 0.3) is 0 Å². The summed E-state index contributed by atoms with van der Waals surface area (Å²) in [4.78, 5) is 2.62. The summed E-state index contributed by atoms with van der Waals surface area (Å²) in [6.45, 7) is 6.75. The minimum absolute atomic E-state index is 0.673. The van der Waals surface area contributed by atoms with E-state index >= 15 is 0 Å². The number of hydrogen-bond donors (Lipinski definition) is 1. The van der Waals surface area contributed by atoms with Gasteiger partial charge in [0.2, 0.25) is 0 Å². The van der Waals surface area contributed by atoms with Gasteiger partial charge in [-0.3, -0.25) is 4.90 Å². The van der Waals surface area contributed by atoms with Crippen molar-refractivity contribution in [2.24, 2.45) is 5.73 Å². The maximum Gasteiger partial charge on any atom is 0.0221 e. The Bertz CT molecular complexity index is 147. The van der Waals surface area contributed by atoms with E-state index in [-0.39, 0.29) is 0 Å². The van der Waals surface area contributed by atoms with Crippen molar-refractivity contribution >= 4 is 0 Å². The molecule has 1 aliphatic heterocycles. The van der Waals surface area contributed by atoms with Gasteiger partial charge < -0.3 is 5.73 Å². The number of nitrogens with two attached hydrogens (primary N) is 1. The zero-order valence-electron chi connectivity index (χ0n) is 9.84. The van der Waals surface area contributed by atoms with Crippen molar-refractivity contribution in [1.29, 1.82) is 0 Å². The minimum atomic E-state index is 0.673. The molecule has 2 atom stereocenters. The molecule has 1 rings (SSSR count). The molecule has 1 aliphatic rings. The highest BCUT2D eigenvalue weighted by molar-refractivity contribution is 4.83. The molecule has 0 aromatic carbocycles. The molecule has 0 saturated carbocycles. The van der Waals surface area contributed by atoms with Gasteiger partial charge in [-0.15, -0.1) is 0 Å². The van der Waals surface area contributed by atoms with E-state index in [4.69, 9.17) is 5.73 Å². The first kappa shape index (κ1) is 12.0. The van der Waals surface area contributed by atoms with E-state index in [1.54, 1.807) is 0 Å². The lowest BCUT2D eigenvalue weighted by molar-refractivity contribution is 0.183. The Labute approximate surface area is 88.8 Å². The summed E-state index contributed by atoms with van der Waals surface area (Å²) >= 11 is 0. The van der Waals surface area contributed by atoms with Crippen molar-refractivity contribution in [3.05, 3.63) is 0 Å². The van der Waals surface area contributed by atoms with Crippen LogP contribution in [0.25, 0.3) is 0 Å². The maximum atomic E-state index is 5.78. The van der Waals surface area contributed by atoms with E-state index in [0.29, 0.717) is 6.04 Å². The Balaban J connectivity index is 2.24. The molecule has 2 heteroatoms. The summed E-state index contributed by atoms with van der Waals surface area (Å²) in [7, 11) is 0. The summed E-state index contributed by atoms with van der Waals surface area (Å²) in [5.74, 6) is 0. The molecular weight excluding hydrogens is 172 g/mol. The Hall–Kier alpha value is -0.0800. The summed E-state index contributed by atoms with van der Waals surface area (Å²) < 4.78 is 0. The molecule has 0 spiro atoms. The van der Waals surface area contributed by atoms with Gasteiger partial charge in [-0.25, -0.2) is 0 Å². The van der Waals surface area contributed by atoms with E-state index in [2.05, 4.69) is 18.7 Å². The third-order valence-electron chi connectivity index (χ3n) is 3.49. The van der Waals surface area contributed by atoms with Crippen LogP contribution >= 0.6 is 0 Å². The Kier molecular flexibility index (Phi) is 5.49. The van der Waals surface area contributed by atoms with Crippen molar-refractivity contribution in [2.75, 3.05) is 13.1 Å². The minimum Gasteiger partial charge on any atom is -0.329 e. The highest BCUT2D eigenvalue weighted by Crippen LogP contribution is 2.21. The molecule has 0 amide bonds. The van der Waals surface area contributed by atoms with E-state index in [9.17, 15) is 0 Å². The number of nitrogens with zero attached hydrogens (tertiary/aromatic N) is 1. The van der Waals surface area contributed by atoms with Gasteiger partial charge in [0.1, 0.15) is 0 Å². The second-order valence-corrected chi connectivity index (χ2v) is 4.61. The molecule has 14 heavy (non-hydrogen) atoms. The van der Waals surface area contributed by atoms with Crippen LogP contribution in [0, 0.1) is 0 Å². The number of unbranched alkanes of at least 4 members (excludes halogenated alkanes) is 2. The molecular formula is C12H26N2. The standard InChI is InChI=1S/C12H26N2/c1-3-4-5-7-11(2)14-9-6-8-12(14)10-13/h11-12H,3-10,13H2,1-2H3. The van der Waals surface area contributed by atoms with Gasteiger partial charge in [0.15, 0.2) is 0 Å². The van der Waals surface area contributed by atoms with Crippen LogP contribution in [0.2, 0.25) is 0 Å². The molecule has 1 fully saturated rings. The molecule has 84 valence electrons. The monoisotopic (exact) mass is 198 g/mol. The fraction of sp³-hybridized carbons (Fsp3) is 1.00. The van der Waals surface area contributed by atoms with Crippen molar-refractivity contribution in [2.45, 2.75) is 64.5 Å². The first-order valence-corrected chi connectivity index (χ1v) is 6.25. The first-order valence-electron chi connectivity index (χ1n) is 6.25. The number of likely N-dealkylation sites (tertiary alicyclic amines) is 1. The predicted molar refractivity (Wildman–Crippen MR) is 62.4 cm³/mol. The van der Waals surface area contributed by atoms with Crippen LogP contribution < -0.4 is 5.73 Å². The van der Waals surface area contributed by atoms with E-state index in [1.165, 1.54) is 45.1 Å². The van der Waals surface area contributed by atoms with E-state index in [1.807, 2.05) is 0 Å². The molecule has 0 aliphatic carbocycles. The molecule has 0 aromatic heterocycles. The molecule has 2 nitrogen and oxygen atoms in total. The third kappa shape index (κ3) is 3.25. The number of rotatable bonds is 6. The van der Waals surface area contributed by atoms with Crippen molar-refractivity contribution in [3.63, 3.8) is 0 Å². The molecule has 2 unspecified atom stereocenters. The number of hydrogen-bond acceptors (Lipinski definition) is 2. The van der Waals surface area contributed by atoms with Crippen LogP contribution in [-0.4, -0.2) is 30.1 Å². The summed E-state index contributed by atoms with van der Waals surface area (Å²) in [5, 5.41) is 0. The lowest BCUT2D eigenvalue weighted by atomic mass is 10.1. The molecule has 0 aromatic rings. The van der Waals surface area contributed by atoms with Crippen molar-refractivity contribution < 1.29 is 0 Å². The van der Waals surface area contributed by atoms with Crippen molar-refractivity contribution in [3.8, 4) is 0 Å². The van der Waals surface area contributed by atoms with Crippen LogP contribution in [0.4, 0.5) is 0 Å². The average Bonchev–Trinajstić information content (AvgIpc) is 2.65. The van der Waals surface area contributed by atoms with Gasteiger partial charge in [-0.2, -0.15) is 0 Å². The summed E-state index contributed by atoms with van der Waals surface area (Å²) in [5.41, 5.74) is 5.78. The van der Waals surface area contributed by atoms with Gasteiger partial charge in [-0.1, -0.05) is 26.2 Å². The smallest absolute Gasteiger partial charge is 0.0221 e. The molecule has 0 bridgehead atoms. The van der Waals surface area contributed by atoms with E-state index in [0.717, 1.165) is 12.6 Å². The summed E-state index contributed by atoms with van der Waals surface area (Å²) in [6, 6.07) is 1.42. The second kappa shape index (κ2) is 6.41. The SMILES string of the molecule is CCCCCC(C)N1CCCC1CN. The normalized spacial score (nSPS) is 25.5. The van der Waals surface area contributed by atoms with Gasteiger partial charge in [-0.05, 0) is 32.7 Å². The molecule has 1 saturated heterocycles. The second-order valence-electron chi connectivity index (χ2n) is 4.61. The van der Waals surface area contributed by atoms with Gasteiger partial charge in [0.05, 0.1) is 0 Å². The average molecular weight is 198 g/mol. The lowest BCUT2D eigenvalue weighted by Gasteiger charge is -2.30. The zero-order chi connectivity index (χ0) is 10.4. The first-order chi connectivity index (χ1) is 6.79. The topological polar surface area (TPSA) is 29.3 Å². The Morgan fingerprint density at radius 3 is 2.86 bits per heavy atom. The van der Waals surface area contributed by atoms with Crippen LogP contribution in [0.3, 0.4) is 0 Å². The Morgan fingerprint density at radius 1 is 1.43 bits per heavy atom. The third-order valence-corrected chi connectivity index (χ3v) is 3.49. The van der Waals surface area contributed by atoms with Crippen LogP contribution in [-0.2, 0) is 0 Å². The molecule has 2 N–H and O–H groups in total. The molecule has 1 heterocycles. The highest BCUT2D eigenvalue weighted by Gasteiger charge is 2.26. The fourth-order valence-electron chi connectivity index (χ4n) is 2.55. The van der Waals surface area contributed by atoms with Crippen LogP contribution in [0.1, 0.15) is 52.4 Å². The van der Waals surface area contributed by atoms with Crippen LogP contribution in [0.5, 0.6) is 0 Å².